The number of hydrogen-bond acceptors (Lipinski definition) is 1. The van der Waals surface area contributed by atoms with E-state index in [4.69, 9.17) is 0 Å². The molecule has 0 aromatic heterocycles. The molecular formula is C8H11F2N. The Morgan fingerprint density at radius 2 is 2.18 bits per heavy atom. The van der Waals surface area contributed by atoms with Crippen LogP contribution in [0.5, 0.6) is 0 Å². The molecule has 0 aliphatic carbocycles. The van der Waals surface area contributed by atoms with Crippen molar-refractivity contribution < 1.29 is 10.2 Å². The summed E-state index contributed by atoms with van der Waals surface area (Å²) in [6.45, 7) is 0.423. The van der Waals surface area contributed by atoms with E-state index in [-0.39, 0.29) is 1.43 Å². The number of hydrogen-bond donors (Lipinski definition) is 1. The zero-order valence-electron chi connectivity index (χ0n) is 6.20. The standard InChI is InChI=1S/C8H9F2N.H2/c1-11-5-6-2-3-7(9)4-8(6)10;/h2-4,11H,5H2,1H3;1H. The van der Waals surface area contributed by atoms with Gasteiger partial charge in [-0.25, -0.2) is 8.78 Å². The van der Waals surface area contributed by atoms with Gasteiger partial charge in [0.15, 0.2) is 0 Å². The highest BCUT2D eigenvalue weighted by Gasteiger charge is 2.00. The normalized spacial score (nSPS) is 10.1. The number of nitrogens with one attached hydrogen (secondary N) is 1. The molecule has 0 fully saturated rings. The Bertz CT molecular complexity index is 253. The molecule has 0 radical (unpaired) electrons. The largest absolute Gasteiger partial charge is 0.316 e. The Kier molecular flexibility index (Phi) is 2.54. The molecule has 0 aliphatic heterocycles. The Balaban J connectivity index is 0.00000121. The fraction of sp³-hybridized carbons (Fsp3) is 0.250. The van der Waals surface area contributed by atoms with Crippen molar-refractivity contribution in [1.82, 2.24) is 5.32 Å². The van der Waals surface area contributed by atoms with Crippen molar-refractivity contribution in [2.45, 2.75) is 6.54 Å². The third kappa shape index (κ3) is 1.98. The van der Waals surface area contributed by atoms with E-state index in [0.29, 0.717) is 12.1 Å². The van der Waals surface area contributed by atoms with Crippen LogP contribution >= 0.6 is 0 Å². The zero-order chi connectivity index (χ0) is 8.27. The van der Waals surface area contributed by atoms with Crippen LogP contribution in [0.15, 0.2) is 18.2 Å². The third-order valence-corrected chi connectivity index (χ3v) is 1.38. The van der Waals surface area contributed by atoms with Crippen LogP contribution in [0.3, 0.4) is 0 Å². The van der Waals surface area contributed by atoms with Crippen LogP contribution in [-0.4, -0.2) is 7.05 Å². The molecular weight excluding hydrogens is 148 g/mol. The van der Waals surface area contributed by atoms with Gasteiger partial charge in [0.2, 0.25) is 0 Å². The van der Waals surface area contributed by atoms with Gasteiger partial charge in [0.1, 0.15) is 11.6 Å². The number of halogens is 2. The Labute approximate surface area is 65.5 Å². The van der Waals surface area contributed by atoms with E-state index in [2.05, 4.69) is 5.32 Å². The van der Waals surface area contributed by atoms with Gasteiger partial charge in [-0.3, -0.25) is 0 Å². The van der Waals surface area contributed by atoms with E-state index in [1.807, 2.05) is 0 Å². The molecule has 3 heteroatoms. The van der Waals surface area contributed by atoms with Crippen LogP contribution in [0.1, 0.15) is 6.99 Å². The molecule has 0 unspecified atom stereocenters. The van der Waals surface area contributed by atoms with Crippen molar-refractivity contribution in [3.63, 3.8) is 0 Å². The highest BCUT2D eigenvalue weighted by molar-refractivity contribution is 5.18. The molecule has 1 aromatic carbocycles. The minimum atomic E-state index is -0.539. The average Bonchev–Trinajstić information content (AvgIpc) is 1.95. The topological polar surface area (TPSA) is 12.0 Å². The second-order valence-electron chi connectivity index (χ2n) is 2.27. The smallest absolute Gasteiger partial charge is 0.130 e. The first-order valence-electron chi connectivity index (χ1n) is 3.32. The Morgan fingerprint density at radius 1 is 1.45 bits per heavy atom. The molecule has 0 amide bonds. The van der Waals surface area contributed by atoms with Crippen LogP contribution in [0.25, 0.3) is 0 Å². The lowest BCUT2D eigenvalue weighted by atomic mass is 10.2. The van der Waals surface area contributed by atoms with Crippen LogP contribution in [0.4, 0.5) is 8.78 Å². The fourth-order valence-corrected chi connectivity index (χ4v) is 0.855. The molecule has 11 heavy (non-hydrogen) atoms. The van der Waals surface area contributed by atoms with Crippen molar-refractivity contribution in [3.05, 3.63) is 35.4 Å². The van der Waals surface area contributed by atoms with E-state index in [0.717, 1.165) is 6.07 Å². The molecule has 1 rings (SSSR count). The molecule has 0 spiro atoms. The lowest BCUT2D eigenvalue weighted by Gasteiger charge is -2.00. The van der Waals surface area contributed by atoms with Gasteiger partial charge in [-0.1, -0.05) is 6.07 Å². The molecule has 0 bridgehead atoms. The van der Waals surface area contributed by atoms with E-state index in [1.165, 1.54) is 12.1 Å². The Morgan fingerprint density at radius 3 is 2.73 bits per heavy atom. The van der Waals surface area contributed by atoms with Gasteiger partial charge in [-0.05, 0) is 13.1 Å². The maximum atomic E-state index is 12.8. The van der Waals surface area contributed by atoms with Gasteiger partial charge in [0.05, 0.1) is 0 Å². The second-order valence-corrected chi connectivity index (χ2v) is 2.27. The van der Waals surface area contributed by atoms with E-state index >= 15 is 0 Å². The molecule has 1 nitrogen and oxygen atoms in total. The molecule has 0 atom stereocenters. The monoisotopic (exact) mass is 159 g/mol. The minimum absolute atomic E-state index is 0. The van der Waals surface area contributed by atoms with Crippen molar-refractivity contribution in [3.8, 4) is 0 Å². The highest BCUT2D eigenvalue weighted by atomic mass is 19.1. The molecule has 62 valence electrons. The van der Waals surface area contributed by atoms with Crippen molar-refractivity contribution >= 4 is 0 Å². The van der Waals surface area contributed by atoms with Crippen LogP contribution in [0, 0.1) is 11.6 Å². The van der Waals surface area contributed by atoms with Crippen molar-refractivity contribution in [2.24, 2.45) is 0 Å². The third-order valence-electron chi connectivity index (χ3n) is 1.38. The summed E-state index contributed by atoms with van der Waals surface area (Å²) in [7, 11) is 1.71. The summed E-state index contributed by atoms with van der Waals surface area (Å²) >= 11 is 0. The predicted octanol–water partition coefficient (Wildman–Crippen LogP) is 1.93. The van der Waals surface area contributed by atoms with Crippen LogP contribution in [-0.2, 0) is 6.54 Å². The second kappa shape index (κ2) is 3.44. The lowest BCUT2D eigenvalue weighted by Crippen LogP contribution is -2.06. The predicted molar refractivity (Wildman–Crippen MR) is 41.2 cm³/mol. The first-order valence-corrected chi connectivity index (χ1v) is 3.32. The summed E-state index contributed by atoms with van der Waals surface area (Å²) < 4.78 is 25.1. The molecule has 0 saturated carbocycles. The molecule has 1 aromatic rings. The fourth-order valence-electron chi connectivity index (χ4n) is 0.855. The van der Waals surface area contributed by atoms with Gasteiger partial charge in [-0.15, -0.1) is 0 Å². The van der Waals surface area contributed by atoms with Crippen LogP contribution < -0.4 is 5.32 Å². The van der Waals surface area contributed by atoms with Gasteiger partial charge in [-0.2, -0.15) is 0 Å². The zero-order valence-corrected chi connectivity index (χ0v) is 6.20. The van der Waals surface area contributed by atoms with E-state index < -0.39 is 11.6 Å². The maximum absolute atomic E-state index is 12.8. The first-order chi connectivity index (χ1) is 5.24. The summed E-state index contributed by atoms with van der Waals surface area (Å²) in [6.07, 6.45) is 0. The van der Waals surface area contributed by atoms with Crippen molar-refractivity contribution in [2.75, 3.05) is 7.05 Å². The van der Waals surface area contributed by atoms with Gasteiger partial charge in [0.25, 0.3) is 0 Å². The summed E-state index contributed by atoms with van der Waals surface area (Å²) in [5.74, 6) is -1.04. The lowest BCUT2D eigenvalue weighted by molar-refractivity contribution is 0.567. The SMILES string of the molecule is CNCc1ccc(F)cc1F.[HH]. The molecule has 0 heterocycles. The number of benzene rings is 1. The summed E-state index contributed by atoms with van der Waals surface area (Å²) in [4.78, 5) is 0. The maximum Gasteiger partial charge on any atom is 0.130 e. The quantitative estimate of drug-likeness (QED) is 0.695. The molecule has 1 N–H and O–H groups in total. The van der Waals surface area contributed by atoms with Gasteiger partial charge >= 0.3 is 0 Å². The average molecular weight is 159 g/mol. The summed E-state index contributed by atoms with van der Waals surface area (Å²) in [6, 6.07) is 3.56. The van der Waals surface area contributed by atoms with E-state index in [1.54, 1.807) is 7.05 Å². The van der Waals surface area contributed by atoms with E-state index in [9.17, 15) is 8.78 Å². The number of rotatable bonds is 2. The summed E-state index contributed by atoms with van der Waals surface area (Å²) in [5.41, 5.74) is 0.480. The van der Waals surface area contributed by atoms with Gasteiger partial charge < -0.3 is 5.32 Å². The first kappa shape index (κ1) is 8.14. The Hall–Kier alpha value is -0.960. The summed E-state index contributed by atoms with van der Waals surface area (Å²) in [5, 5.41) is 2.78. The molecule has 0 aliphatic rings. The highest BCUT2D eigenvalue weighted by Crippen LogP contribution is 2.08. The molecule has 0 saturated heterocycles. The van der Waals surface area contributed by atoms with Crippen molar-refractivity contribution in [1.29, 1.82) is 0 Å². The van der Waals surface area contributed by atoms with Gasteiger partial charge in [0, 0.05) is 19.6 Å². The van der Waals surface area contributed by atoms with Crippen LogP contribution in [0.2, 0.25) is 0 Å². The minimum Gasteiger partial charge on any atom is -0.316 e.